The molecule has 0 radical (unpaired) electrons. The fraction of sp³-hybridized carbons (Fsp3) is 0.600. The van der Waals surface area contributed by atoms with Gasteiger partial charge in [0.2, 0.25) is 0 Å². The highest BCUT2D eigenvalue weighted by atomic mass is 16.3. The summed E-state index contributed by atoms with van der Waals surface area (Å²) in [7, 11) is 0. The molecule has 0 aliphatic heterocycles. The topological polar surface area (TPSA) is 46.2 Å². The molecule has 0 spiro atoms. The van der Waals surface area contributed by atoms with Crippen LogP contribution in [-0.4, -0.2) is 5.11 Å². The first-order chi connectivity index (χ1) is 7.89. The standard InChI is InChI=1S/C15H23NO/c1-4-14(2,3)11-6-7-13(17)12(10-11)15(16)8-5-9-15/h6-7,10,17H,4-5,8-9,16H2,1-3H3. The SMILES string of the molecule is CCC(C)(C)c1ccc(O)c(C2(N)CCC2)c1. The van der Waals surface area contributed by atoms with E-state index in [4.69, 9.17) is 5.73 Å². The summed E-state index contributed by atoms with van der Waals surface area (Å²) in [6, 6.07) is 5.93. The quantitative estimate of drug-likeness (QED) is 0.840. The third kappa shape index (κ3) is 2.06. The molecule has 1 saturated carbocycles. The number of rotatable bonds is 3. The third-order valence-corrected chi connectivity index (χ3v) is 4.44. The predicted octanol–water partition coefficient (Wildman–Crippen LogP) is 3.42. The van der Waals surface area contributed by atoms with Crippen molar-refractivity contribution in [2.24, 2.45) is 5.73 Å². The molecular formula is C15H23NO. The summed E-state index contributed by atoms with van der Waals surface area (Å²) in [6.07, 6.45) is 4.21. The number of hydrogen-bond acceptors (Lipinski definition) is 2. The smallest absolute Gasteiger partial charge is 0.120 e. The Morgan fingerprint density at radius 2 is 2.00 bits per heavy atom. The van der Waals surface area contributed by atoms with Gasteiger partial charge in [-0.1, -0.05) is 26.8 Å². The number of nitrogens with two attached hydrogens (primary N) is 1. The maximum Gasteiger partial charge on any atom is 0.120 e. The van der Waals surface area contributed by atoms with Gasteiger partial charge in [-0.15, -0.1) is 0 Å². The zero-order valence-electron chi connectivity index (χ0n) is 11.1. The fourth-order valence-electron chi connectivity index (χ4n) is 2.39. The maximum atomic E-state index is 9.99. The lowest BCUT2D eigenvalue weighted by molar-refractivity contribution is 0.245. The van der Waals surface area contributed by atoms with Gasteiger partial charge < -0.3 is 10.8 Å². The van der Waals surface area contributed by atoms with E-state index in [2.05, 4.69) is 26.8 Å². The van der Waals surface area contributed by atoms with Crippen molar-refractivity contribution in [1.29, 1.82) is 0 Å². The van der Waals surface area contributed by atoms with Crippen LogP contribution in [0.3, 0.4) is 0 Å². The van der Waals surface area contributed by atoms with Gasteiger partial charge in [-0.3, -0.25) is 0 Å². The second-order valence-corrected chi connectivity index (χ2v) is 5.98. The van der Waals surface area contributed by atoms with E-state index < -0.39 is 0 Å². The lowest BCUT2D eigenvalue weighted by atomic mass is 9.70. The van der Waals surface area contributed by atoms with Crippen molar-refractivity contribution < 1.29 is 5.11 Å². The number of phenols is 1. The van der Waals surface area contributed by atoms with Crippen LogP contribution in [0, 0.1) is 0 Å². The molecule has 1 aromatic rings. The average Bonchev–Trinajstić information content (AvgIpc) is 2.26. The van der Waals surface area contributed by atoms with Gasteiger partial charge in [0.25, 0.3) is 0 Å². The van der Waals surface area contributed by atoms with Gasteiger partial charge in [-0.25, -0.2) is 0 Å². The van der Waals surface area contributed by atoms with Crippen molar-refractivity contribution in [3.63, 3.8) is 0 Å². The van der Waals surface area contributed by atoms with Crippen molar-refractivity contribution in [3.8, 4) is 5.75 Å². The van der Waals surface area contributed by atoms with Gasteiger partial charge in [0.05, 0.1) is 0 Å². The van der Waals surface area contributed by atoms with E-state index in [1.54, 1.807) is 6.07 Å². The van der Waals surface area contributed by atoms with Gasteiger partial charge in [-0.2, -0.15) is 0 Å². The van der Waals surface area contributed by atoms with Gasteiger partial charge in [0, 0.05) is 11.1 Å². The second kappa shape index (κ2) is 4.02. The Kier molecular flexibility index (Phi) is 2.94. The van der Waals surface area contributed by atoms with Crippen LogP contribution in [0.15, 0.2) is 18.2 Å². The highest BCUT2D eigenvalue weighted by Crippen LogP contribution is 2.44. The van der Waals surface area contributed by atoms with Gasteiger partial charge in [0.15, 0.2) is 0 Å². The highest BCUT2D eigenvalue weighted by molar-refractivity contribution is 5.44. The predicted molar refractivity (Wildman–Crippen MR) is 71.1 cm³/mol. The molecule has 1 aliphatic rings. The van der Waals surface area contributed by atoms with E-state index >= 15 is 0 Å². The normalized spacial score (nSPS) is 18.8. The van der Waals surface area contributed by atoms with Gasteiger partial charge in [0.1, 0.15) is 5.75 Å². The van der Waals surface area contributed by atoms with Crippen molar-refractivity contribution in [1.82, 2.24) is 0 Å². The summed E-state index contributed by atoms with van der Waals surface area (Å²) in [5.41, 5.74) is 8.37. The van der Waals surface area contributed by atoms with Crippen LogP contribution in [0.25, 0.3) is 0 Å². The Morgan fingerprint density at radius 3 is 2.47 bits per heavy atom. The zero-order valence-corrected chi connectivity index (χ0v) is 11.1. The third-order valence-electron chi connectivity index (χ3n) is 4.44. The minimum absolute atomic E-state index is 0.141. The summed E-state index contributed by atoms with van der Waals surface area (Å²) < 4.78 is 0. The molecule has 0 atom stereocenters. The van der Waals surface area contributed by atoms with Crippen LogP contribution in [0.1, 0.15) is 57.6 Å². The molecule has 2 heteroatoms. The molecule has 0 bridgehead atoms. The van der Waals surface area contributed by atoms with E-state index in [1.807, 2.05) is 6.07 Å². The first-order valence-electron chi connectivity index (χ1n) is 6.52. The molecule has 0 unspecified atom stereocenters. The van der Waals surface area contributed by atoms with Crippen LogP contribution >= 0.6 is 0 Å². The number of benzene rings is 1. The molecule has 1 aromatic carbocycles. The number of hydrogen-bond donors (Lipinski definition) is 2. The summed E-state index contributed by atoms with van der Waals surface area (Å²) in [6.45, 7) is 6.65. The van der Waals surface area contributed by atoms with Crippen molar-refractivity contribution >= 4 is 0 Å². The molecular weight excluding hydrogens is 210 g/mol. The lowest BCUT2D eigenvalue weighted by Crippen LogP contribution is -2.43. The highest BCUT2D eigenvalue weighted by Gasteiger charge is 2.37. The molecule has 94 valence electrons. The van der Waals surface area contributed by atoms with E-state index in [0.717, 1.165) is 31.2 Å². The minimum atomic E-state index is -0.288. The first-order valence-corrected chi connectivity index (χ1v) is 6.52. The minimum Gasteiger partial charge on any atom is -0.508 e. The Labute approximate surface area is 104 Å². The van der Waals surface area contributed by atoms with E-state index in [1.165, 1.54) is 5.56 Å². The Hall–Kier alpha value is -1.02. The Morgan fingerprint density at radius 1 is 1.35 bits per heavy atom. The summed E-state index contributed by atoms with van der Waals surface area (Å²) in [4.78, 5) is 0. The van der Waals surface area contributed by atoms with Crippen LogP contribution in [0.2, 0.25) is 0 Å². The van der Waals surface area contributed by atoms with Gasteiger partial charge >= 0.3 is 0 Å². The second-order valence-electron chi connectivity index (χ2n) is 5.98. The summed E-state index contributed by atoms with van der Waals surface area (Å²) in [5, 5.41) is 9.99. The van der Waals surface area contributed by atoms with Crippen LogP contribution in [-0.2, 0) is 11.0 Å². The molecule has 0 aromatic heterocycles. The summed E-state index contributed by atoms with van der Waals surface area (Å²) >= 11 is 0. The van der Waals surface area contributed by atoms with E-state index in [0.29, 0.717) is 5.75 Å². The largest absolute Gasteiger partial charge is 0.508 e. The van der Waals surface area contributed by atoms with Crippen LogP contribution in [0.5, 0.6) is 5.75 Å². The Balaban J connectivity index is 2.43. The monoisotopic (exact) mass is 233 g/mol. The molecule has 0 amide bonds. The Bertz CT molecular complexity index is 419. The molecule has 0 heterocycles. The zero-order chi connectivity index (χ0) is 12.7. The van der Waals surface area contributed by atoms with E-state index in [9.17, 15) is 5.11 Å². The molecule has 17 heavy (non-hydrogen) atoms. The van der Waals surface area contributed by atoms with Gasteiger partial charge in [-0.05, 0) is 48.8 Å². The average molecular weight is 233 g/mol. The van der Waals surface area contributed by atoms with Crippen molar-refractivity contribution in [2.45, 2.75) is 57.4 Å². The molecule has 0 saturated heterocycles. The number of aromatic hydroxyl groups is 1. The van der Waals surface area contributed by atoms with Crippen molar-refractivity contribution in [2.75, 3.05) is 0 Å². The molecule has 1 aliphatic carbocycles. The molecule has 2 rings (SSSR count). The number of phenolic OH excluding ortho intramolecular Hbond substituents is 1. The van der Waals surface area contributed by atoms with Crippen LogP contribution < -0.4 is 5.73 Å². The lowest BCUT2D eigenvalue weighted by Gasteiger charge is -2.39. The molecule has 3 N–H and O–H groups in total. The summed E-state index contributed by atoms with van der Waals surface area (Å²) in [5.74, 6) is 0.350. The maximum absolute atomic E-state index is 9.99. The fourth-order valence-corrected chi connectivity index (χ4v) is 2.39. The first kappa shape index (κ1) is 12.4. The van der Waals surface area contributed by atoms with E-state index in [-0.39, 0.29) is 11.0 Å². The van der Waals surface area contributed by atoms with Crippen molar-refractivity contribution in [3.05, 3.63) is 29.3 Å². The molecule has 2 nitrogen and oxygen atoms in total. The molecule has 1 fully saturated rings. The van der Waals surface area contributed by atoms with Crippen LogP contribution in [0.4, 0.5) is 0 Å².